The van der Waals surface area contributed by atoms with Crippen molar-refractivity contribution < 1.29 is 9.53 Å². The monoisotopic (exact) mass is 585 g/mol. The van der Waals surface area contributed by atoms with E-state index in [2.05, 4.69) is 50.9 Å². The Bertz CT molecular complexity index is 1180. The summed E-state index contributed by atoms with van der Waals surface area (Å²) in [6.45, 7) is 4.18. The standard InChI is InChI=1S/C36H51N5O2/c1-43-32-18-14-27(15-19-32)33-26-37-36(39-34(33)28-10-6-3-2-4-7-11-28)38-30-16-12-29(13-17-30)35(42)41-24-20-31(21-25-41)40-22-8-5-9-23-40/h12-19,26,28,31,33-34,36,38-39H,2-11,20-25H2,1H3. The largest absolute Gasteiger partial charge is 0.497 e. The maximum atomic E-state index is 13.3. The lowest BCUT2D eigenvalue weighted by molar-refractivity contribution is 0.0590. The maximum absolute atomic E-state index is 13.3. The summed E-state index contributed by atoms with van der Waals surface area (Å²) < 4.78 is 5.41. The third-order valence-electron chi connectivity index (χ3n) is 10.4. The topological polar surface area (TPSA) is 69.2 Å². The van der Waals surface area contributed by atoms with Gasteiger partial charge in [-0.2, -0.15) is 0 Å². The summed E-state index contributed by atoms with van der Waals surface area (Å²) in [5.41, 5.74) is 3.04. The van der Waals surface area contributed by atoms with Gasteiger partial charge in [0.25, 0.3) is 5.91 Å². The molecule has 43 heavy (non-hydrogen) atoms. The Balaban J connectivity index is 1.08. The molecule has 3 heterocycles. The zero-order valence-corrected chi connectivity index (χ0v) is 26.1. The molecule has 232 valence electrons. The van der Waals surface area contributed by atoms with Crippen LogP contribution in [0.4, 0.5) is 5.69 Å². The number of amides is 1. The average Bonchev–Trinajstić information content (AvgIpc) is 3.05. The second-order valence-corrected chi connectivity index (χ2v) is 13.1. The predicted molar refractivity (Wildman–Crippen MR) is 175 cm³/mol. The van der Waals surface area contributed by atoms with Crippen LogP contribution in [0.2, 0.25) is 0 Å². The number of methoxy groups -OCH3 is 1. The molecule has 2 aromatic carbocycles. The lowest BCUT2D eigenvalue weighted by Gasteiger charge is -2.40. The third kappa shape index (κ3) is 7.61. The van der Waals surface area contributed by atoms with Crippen molar-refractivity contribution in [2.24, 2.45) is 10.9 Å². The Hall–Kier alpha value is -2.90. The van der Waals surface area contributed by atoms with E-state index in [9.17, 15) is 4.79 Å². The number of anilines is 1. The molecule has 1 saturated carbocycles. The number of carbonyl (C=O) groups is 1. The third-order valence-corrected chi connectivity index (χ3v) is 10.4. The number of carbonyl (C=O) groups excluding carboxylic acids is 1. The number of benzene rings is 2. The first-order chi connectivity index (χ1) is 21.2. The first-order valence-electron chi connectivity index (χ1n) is 17.0. The lowest BCUT2D eigenvalue weighted by Crippen LogP contribution is -2.52. The van der Waals surface area contributed by atoms with E-state index >= 15 is 0 Å². The molecule has 2 saturated heterocycles. The Labute approximate surface area is 258 Å². The van der Waals surface area contributed by atoms with Crippen LogP contribution in [0.1, 0.15) is 98.9 Å². The fourth-order valence-electron chi connectivity index (χ4n) is 7.84. The normalized spacial score (nSPS) is 26.4. The molecular formula is C36H51N5O2. The van der Waals surface area contributed by atoms with Crippen LogP contribution >= 0.6 is 0 Å². The van der Waals surface area contributed by atoms with Crippen molar-refractivity contribution in [1.29, 1.82) is 0 Å². The molecule has 3 atom stereocenters. The molecule has 0 aromatic heterocycles. The highest BCUT2D eigenvalue weighted by atomic mass is 16.5. The minimum atomic E-state index is -0.194. The van der Waals surface area contributed by atoms with Crippen LogP contribution in [0.15, 0.2) is 53.5 Å². The van der Waals surface area contributed by atoms with Crippen LogP contribution in [0.3, 0.4) is 0 Å². The van der Waals surface area contributed by atoms with E-state index < -0.39 is 0 Å². The molecule has 1 amide bonds. The number of hydrogen-bond donors (Lipinski definition) is 2. The minimum absolute atomic E-state index is 0.157. The SMILES string of the molecule is COc1ccc(C2C=NC(Nc3ccc(C(=O)N4CCC(N5CCCCC5)CC4)cc3)NC2C2CCCCCCC2)cc1. The number of likely N-dealkylation sites (tertiary alicyclic amines) is 2. The molecule has 1 aliphatic carbocycles. The Morgan fingerprint density at radius 2 is 1.47 bits per heavy atom. The van der Waals surface area contributed by atoms with E-state index in [-0.39, 0.29) is 18.1 Å². The van der Waals surface area contributed by atoms with Gasteiger partial charge in [-0.05, 0) is 99.5 Å². The van der Waals surface area contributed by atoms with E-state index in [1.165, 1.54) is 82.9 Å². The second kappa shape index (κ2) is 14.7. The highest BCUT2D eigenvalue weighted by molar-refractivity contribution is 5.94. The lowest BCUT2D eigenvalue weighted by atomic mass is 9.77. The number of aliphatic imine (C=N–C) groups is 1. The van der Waals surface area contributed by atoms with E-state index in [4.69, 9.17) is 9.73 Å². The Kier molecular flexibility index (Phi) is 10.3. The van der Waals surface area contributed by atoms with Gasteiger partial charge in [-0.25, -0.2) is 0 Å². The number of hydrogen-bond acceptors (Lipinski definition) is 6. The second-order valence-electron chi connectivity index (χ2n) is 13.1. The van der Waals surface area contributed by atoms with Crippen molar-refractivity contribution in [3.63, 3.8) is 0 Å². The number of nitrogens with one attached hydrogen (secondary N) is 2. The molecule has 6 rings (SSSR count). The number of rotatable bonds is 7. The van der Waals surface area contributed by atoms with Crippen molar-refractivity contribution >= 4 is 17.8 Å². The molecule has 0 radical (unpaired) electrons. The number of ether oxygens (including phenoxy) is 1. The molecule has 0 bridgehead atoms. The summed E-state index contributed by atoms with van der Waals surface area (Å²) in [5, 5.41) is 7.49. The van der Waals surface area contributed by atoms with E-state index in [1.54, 1.807) is 7.11 Å². The smallest absolute Gasteiger partial charge is 0.253 e. The van der Waals surface area contributed by atoms with Crippen molar-refractivity contribution in [3.8, 4) is 5.75 Å². The zero-order valence-electron chi connectivity index (χ0n) is 26.1. The van der Waals surface area contributed by atoms with Crippen LogP contribution in [0.5, 0.6) is 5.75 Å². The molecular weight excluding hydrogens is 534 g/mol. The summed E-state index contributed by atoms with van der Waals surface area (Å²) in [4.78, 5) is 23.0. The van der Waals surface area contributed by atoms with Crippen molar-refractivity contribution in [3.05, 3.63) is 59.7 Å². The molecule has 3 unspecified atom stereocenters. The summed E-state index contributed by atoms with van der Waals surface area (Å²) in [7, 11) is 1.72. The molecule has 7 heteroatoms. The maximum Gasteiger partial charge on any atom is 0.253 e. The quantitative estimate of drug-likeness (QED) is 0.380. The molecule has 3 aliphatic heterocycles. The molecule has 7 nitrogen and oxygen atoms in total. The van der Waals surface area contributed by atoms with Gasteiger partial charge in [0.05, 0.1) is 7.11 Å². The van der Waals surface area contributed by atoms with Crippen molar-refractivity contribution in [2.75, 3.05) is 38.6 Å². The van der Waals surface area contributed by atoms with E-state index in [1.807, 2.05) is 24.3 Å². The van der Waals surface area contributed by atoms with Gasteiger partial charge in [-0.15, -0.1) is 0 Å². The van der Waals surface area contributed by atoms with Crippen LogP contribution in [0.25, 0.3) is 0 Å². The number of piperidine rings is 2. The van der Waals surface area contributed by atoms with Crippen LogP contribution in [0, 0.1) is 5.92 Å². The fourth-order valence-corrected chi connectivity index (χ4v) is 7.84. The van der Waals surface area contributed by atoms with Gasteiger partial charge in [0, 0.05) is 48.6 Å². The predicted octanol–water partition coefficient (Wildman–Crippen LogP) is 6.67. The van der Waals surface area contributed by atoms with Crippen LogP contribution in [-0.2, 0) is 0 Å². The molecule has 0 spiro atoms. The molecule has 4 aliphatic rings. The fraction of sp³-hybridized carbons (Fsp3) is 0.611. The van der Waals surface area contributed by atoms with Crippen LogP contribution in [-0.4, -0.2) is 73.6 Å². The molecule has 3 fully saturated rings. The van der Waals surface area contributed by atoms with Gasteiger partial charge in [-0.1, -0.05) is 50.7 Å². The Morgan fingerprint density at radius 1 is 0.814 bits per heavy atom. The Morgan fingerprint density at radius 3 is 2.14 bits per heavy atom. The average molecular weight is 586 g/mol. The summed E-state index contributed by atoms with van der Waals surface area (Å²) >= 11 is 0. The summed E-state index contributed by atoms with van der Waals surface area (Å²) in [6.07, 6.45) is 17.4. The van der Waals surface area contributed by atoms with Gasteiger partial charge in [-0.3, -0.25) is 15.1 Å². The molecule has 2 N–H and O–H groups in total. The van der Waals surface area contributed by atoms with Gasteiger partial charge in [0.15, 0.2) is 6.29 Å². The highest BCUT2D eigenvalue weighted by Crippen LogP contribution is 2.34. The zero-order chi connectivity index (χ0) is 29.4. The van der Waals surface area contributed by atoms with Crippen molar-refractivity contribution in [2.45, 2.75) is 101 Å². The number of nitrogens with zero attached hydrogens (tertiary/aromatic N) is 3. The van der Waals surface area contributed by atoms with E-state index in [0.29, 0.717) is 18.0 Å². The minimum Gasteiger partial charge on any atom is -0.497 e. The molecule has 2 aromatic rings. The summed E-state index contributed by atoms with van der Waals surface area (Å²) in [5.74, 6) is 1.88. The first-order valence-corrected chi connectivity index (χ1v) is 17.0. The summed E-state index contributed by atoms with van der Waals surface area (Å²) in [6, 6.07) is 17.5. The van der Waals surface area contributed by atoms with Gasteiger partial charge >= 0.3 is 0 Å². The first kappa shape index (κ1) is 30.1. The van der Waals surface area contributed by atoms with Gasteiger partial charge in [0.2, 0.25) is 0 Å². The van der Waals surface area contributed by atoms with E-state index in [0.717, 1.165) is 42.9 Å². The van der Waals surface area contributed by atoms with Crippen molar-refractivity contribution in [1.82, 2.24) is 15.1 Å². The van der Waals surface area contributed by atoms with Gasteiger partial charge in [0.1, 0.15) is 5.75 Å². The van der Waals surface area contributed by atoms with Crippen LogP contribution < -0.4 is 15.4 Å². The van der Waals surface area contributed by atoms with Gasteiger partial charge < -0.3 is 19.9 Å². The highest BCUT2D eigenvalue weighted by Gasteiger charge is 2.34.